The third kappa shape index (κ3) is 2.14. The maximum absolute atomic E-state index is 5.57. The van der Waals surface area contributed by atoms with Gasteiger partial charge < -0.3 is 11.1 Å². The predicted octanol–water partition coefficient (Wildman–Crippen LogP) is 1.61. The molecule has 1 aromatic rings. The largest absolute Gasteiger partial charge is 0.326 e. The second-order valence-corrected chi connectivity index (χ2v) is 3.97. The number of piperidine rings is 1. The first-order valence-corrected chi connectivity index (χ1v) is 5.40. The summed E-state index contributed by atoms with van der Waals surface area (Å²) in [4.78, 5) is 0. The van der Waals surface area contributed by atoms with Crippen LogP contribution in [0.5, 0.6) is 0 Å². The Balaban J connectivity index is 2.07. The van der Waals surface area contributed by atoms with Gasteiger partial charge in [0.15, 0.2) is 0 Å². The molecule has 0 aliphatic carbocycles. The molecular formula is C12H18N2. The number of rotatable bonds is 2. The maximum Gasteiger partial charge on any atom is 0.0178 e. The molecule has 2 rings (SSSR count). The van der Waals surface area contributed by atoms with Gasteiger partial charge in [-0.15, -0.1) is 0 Å². The summed E-state index contributed by atoms with van der Waals surface area (Å²) in [5.74, 6) is 0.753. The third-order valence-electron chi connectivity index (χ3n) is 3.03. The molecule has 2 nitrogen and oxygen atoms in total. The van der Waals surface area contributed by atoms with Gasteiger partial charge in [-0.3, -0.25) is 0 Å². The number of benzene rings is 1. The first kappa shape index (κ1) is 9.69. The Hall–Kier alpha value is -0.860. The summed E-state index contributed by atoms with van der Waals surface area (Å²) in [7, 11) is 0. The van der Waals surface area contributed by atoms with E-state index in [0.29, 0.717) is 6.54 Å². The van der Waals surface area contributed by atoms with Crippen LogP contribution in [0.4, 0.5) is 0 Å². The van der Waals surface area contributed by atoms with Crippen LogP contribution in [0.3, 0.4) is 0 Å². The summed E-state index contributed by atoms with van der Waals surface area (Å²) in [6.07, 6.45) is 2.53. The highest BCUT2D eigenvalue weighted by Crippen LogP contribution is 2.24. The normalized spacial score (nSPS) is 18.4. The van der Waals surface area contributed by atoms with Crippen molar-refractivity contribution in [1.82, 2.24) is 5.32 Å². The minimum absolute atomic E-state index is 0.645. The van der Waals surface area contributed by atoms with Crippen LogP contribution in [0, 0.1) is 0 Å². The molecule has 1 fully saturated rings. The van der Waals surface area contributed by atoms with Crippen molar-refractivity contribution in [3.8, 4) is 0 Å². The van der Waals surface area contributed by atoms with Crippen molar-refractivity contribution in [2.45, 2.75) is 25.3 Å². The highest BCUT2D eigenvalue weighted by molar-refractivity contribution is 5.25. The minimum Gasteiger partial charge on any atom is -0.326 e. The summed E-state index contributed by atoms with van der Waals surface area (Å²) < 4.78 is 0. The van der Waals surface area contributed by atoms with Crippen LogP contribution in [0.2, 0.25) is 0 Å². The number of nitrogens with one attached hydrogen (secondary N) is 1. The minimum atomic E-state index is 0.645. The molecule has 1 heterocycles. The van der Waals surface area contributed by atoms with Crippen molar-refractivity contribution in [3.05, 3.63) is 35.4 Å². The fraction of sp³-hybridized carbons (Fsp3) is 0.500. The summed E-state index contributed by atoms with van der Waals surface area (Å²) in [6.45, 7) is 2.96. The molecule has 0 atom stereocenters. The third-order valence-corrected chi connectivity index (χ3v) is 3.03. The van der Waals surface area contributed by atoms with Gasteiger partial charge in [0.2, 0.25) is 0 Å². The van der Waals surface area contributed by atoms with E-state index in [-0.39, 0.29) is 0 Å². The van der Waals surface area contributed by atoms with E-state index in [0.717, 1.165) is 19.0 Å². The molecule has 0 unspecified atom stereocenters. The van der Waals surface area contributed by atoms with Gasteiger partial charge in [-0.1, -0.05) is 24.3 Å². The Kier molecular flexibility index (Phi) is 3.17. The molecule has 3 N–H and O–H groups in total. The Labute approximate surface area is 85.5 Å². The summed E-state index contributed by atoms with van der Waals surface area (Å²) >= 11 is 0. The van der Waals surface area contributed by atoms with Crippen molar-refractivity contribution in [3.63, 3.8) is 0 Å². The van der Waals surface area contributed by atoms with Crippen LogP contribution in [0.15, 0.2) is 24.3 Å². The zero-order valence-corrected chi connectivity index (χ0v) is 8.50. The molecule has 0 aromatic heterocycles. The van der Waals surface area contributed by atoms with E-state index in [1.165, 1.54) is 24.0 Å². The highest BCUT2D eigenvalue weighted by atomic mass is 14.9. The van der Waals surface area contributed by atoms with Gasteiger partial charge in [0.05, 0.1) is 0 Å². The second kappa shape index (κ2) is 4.58. The van der Waals surface area contributed by atoms with E-state index in [1.54, 1.807) is 0 Å². The average molecular weight is 190 g/mol. The summed E-state index contributed by atoms with van der Waals surface area (Å²) in [5.41, 5.74) is 8.27. The van der Waals surface area contributed by atoms with Crippen molar-refractivity contribution in [2.24, 2.45) is 5.73 Å². The number of hydrogen-bond donors (Lipinski definition) is 2. The lowest BCUT2D eigenvalue weighted by Gasteiger charge is -2.23. The van der Waals surface area contributed by atoms with Crippen LogP contribution in [-0.4, -0.2) is 13.1 Å². The molecule has 14 heavy (non-hydrogen) atoms. The fourth-order valence-corrected chi connectivity index (χ4v) is 2.08. The van der Waals surface area contributed by atoms with E-state index in [9.17, 15) is 0 Å². The Morgan fingerprint density at radius 3 is 2.36 bits per heavy atom. The predicted molar refractivity (Wildman–Crippen MR) is 59.2 cm³/mol. The molecule has 1 aliphatic rings. The van der Waals surface area contributed by atoms with Crippen LogP contribution in [0.1, 0.15) is 29.9 Å². The standard InChI is InChI=1S/C12H18N2/c13-9-10-1-3-11(4-2-10)12-5-7-14-8-6-12/h1-4,12,14H,5-9,13H2. The van der Waals surface area contributed by atoms with Gasteiger partial charge in [0, 0.05) is 6.54 Å². The van der Waals surface area contributed by atoms with Crippen molar-refractivity contribution in [1.29, 1.82) is 0 Å². The molecule has 0 saturated carbocycles. The van der Waals surface area contributed by atoms with E-state index >= 15 is 0 Å². The monoisotopic (exact) mass is 190 g/mol. The fourth-order valence-electron chi connectivity index (χ4n) is 2.08. The lowest BCUT2D eigenvalue weighted by atomic mass is 9.90. The Bertz CT molecular complexity index is 273. The average Bonchev–Trinajstić information content (AvgIpc) is 2.30. The first-order chi connectivity index (χ1) is 6.90. The summed E-state index contributed by atoms with van der Waals surface area (Å²) in [5, 5.41) is 3.39. The second-order valence-electron chi connectivity index (χ2n) is 3.97. The lowest BCUT2D eigenvalue weighted by molar-refractivity contribution is 0.460. The van der Waals surface area contributed by atoms with Crippen molar-refractivity contribution < 1.29 is 0 Å². The molecule has 0 radical (unpaired) electrons. The van der Waals surface area contributed by atoms with Gasteiger partial charge in [-0.05, 0) is 43.0 Å². The molecule has 1 aromatic carbocycles. The zero-order chi connectivity index (χ0) is 9.80. The SMILES string of the molecule is NCc1ccc(C2CCNCC2)cc1. The van der Waals surface area contributed by atoms with Crippen LogP contribution < -0.4 is 11.1 Å². The lowest BCUT2D eigenvalue weighted by Crippen LogP contribution is -2.26. The topological polar surface area (TPSA) is 38.0 Å². The zero-order valence-electron chi connectivity index (χ0n) is 8.50. The molecule has 1 saturated heterocycles. The Morgan fingerprint density at radius 2 is 1.79 bits per heavy atom. The van der Waals surface area contributed by atoms with Gasteiger partial charge in [0.25, 0.3) is 0 Å². The molecule has 1 aliphatic heterocycles. The summed E-state index contributed by atoms with van der Waals surface area (Å²) in [6, 6.07) is 8.77. The van der Waals surface area contributed by atoms with Crippen LogP contribution >= 0.6 is 0 Å². The van der Waals surface area contributed by atoms with Crippen LogP contribution in [-0.2, 0) is 6.54 Å². The first-order valence-electron chi connectivity index (χ1n) is 5.40. The highest BCUT2D eigenvalue weighted by Gasteiger charge is 2.14. The van der Waals surface area contributed by atoms with Gasteiger partial charge >= 0.3 is 0 Å². The van der Waals surface area contributed by atoms with Gasteiger partial charge in [-0.25, -0.2) is 0 Å². The quantitative estimate of drug-likeness (QED) is 0.743. The van der Waals surface area contributed by atoms with Crippen LogP contribution in [0.25, 0.3) is 0 Å². The molecule has 76 valence electrons. The molecule has 0 amide bonds. The van der Waals surface area contributed by atoms with E-state index in [1.807, 2.05) is 0 Å². The van der Waals surface area contributed by atoms with Crippen molar-refractivity contribution >= 4 is 0 Å². The van der Waals surface area contributed by atoms with Crippen molar-refractivity contribution in [2.75, 3.05) is 13.1 Å². The van der Waals surface area contributed by atoms with E-state index < -0.39 is 0 Å². The molecular weight excluding hydrogens is 172 g/mol. The maximum atomic E-state index is 5.57. The smallest absolute Gasteiger partial charge is 0.0178 e. The van der Waals surface area contributed by atoms with Gasteiger partial charge in [-0.2, -0.15) is 0 Å². The Morgan fingerprint density at radius 1 is 1.14 bits per heavy atom. The molecule has 0 bridgehead atoms. The molecule has 0 spiro atoms. The van der Waals surface area contributed by atoms with Gasteiger partial charge in [0.1, 0.15) is 0 Å². The molecule has 2 heteroatoms. The van der Waals surface area contributed by atoms with E-state index in [4.69, 9.17) is 5.73 Å². The number of nitrogens with two attached hydrogens (primary N) is 1. The van der Waals surface area contributed by atoms with E-state index in [2.05, 4.69) is 29.6 Å². The number of hydrogen-bond acceptors (Lipinski definition) is 2.